The number of nitrogens with zero attached hydrogens (tertiary/aromatic N) is 4. The van der Waals surface area contributed by atoms with E-state index in [-0.39, 0.29) is 0 Å². The van der Waals surface area contributed by atoms with Crippen molar-refractivity contribution < 1.29 is 4.42 Å². The van der Waals surface area contributed by atoms with E-state index in [4.69, 9.17) is 16.0 Å². The summed E-state index contributed by atoms with van der Waals surface area (Å²) in [5.74, 6) is 0.686. The predicted molar refractivity (Wildman–Crippen MR) is 87.9 cm³/mol. The molecule has 0 radical (unpaired) electrons. The van der Waals surface area contributed by atoms with Gasteiger partial charge in [0.2, 0.25) is 0 Å². The molecule has 2 aromatic heterocycles. The summed E-state index contributed by atoms with van der Waals surface area (Å²) >= 11 is 5.91. The van der Waals surface area contributed by atoms with Crippen molar-refractivity contribution in [1.29, 1.82) is 0 Å². The number of benzene rings is 2. The highest BCUT2D eigenvalue weighted by Crippen LogP contribution is 2.25. The van der Waals surface area contributed by atoms with Crippen molar-refractivity contribution in [2.24, 2.45) is 0 Å². The normalized spacial score (nSPS) is 11.2. The second-order valence-corrected chi connectivity index (χ2v) is 5.83. The first-order chi connectivity index (χ1) is 11.2. The molecule has 0 bridgehead atoms. The van der Waals surface area contributed by atoms with Crippen LogP contribution < -0.4 is 0 Å². The minimum atomic E-state index is 0.632. The van der Waals surface area contributed by atoms with Crippen LogP contribution in [-0.2, 0) is 6.42 Å². The fraction of sp³-hybridized carbons (Fsp3) is 0.118. The molecule has 114 valence electrons. The number of aromatic nitrogens is 4. The Balaban J connectivity index is 1.72. The van der Waals surface area contributed by atoms with Crippen molar-refractivity contribution in [2.75, 3.05) is 0 Å². The van der Waals surface area contributed by atoms with Gasteiger partial charge in [0.05, 0.1) is 5.69 Å². The van der Waals surface area contributed by atoms with Crippen LogP contribution in [0.4, 0.5) is 0 Å². The number of hydrogen-bond acceptors (Lipinski definition) is 4. The molecule has 0 atom stereocenters. The Morgan fingerprint density at radius 2 is 1.83 bits per heavy atom. The lowest BCUT2D eigenvalue weighted by Gasteiger charge is -2.02. The van der Waals surface area contributed by atoms with Gasteiger partial charge >= 0.3 is 0 Å². The van der Waals surface area contributed by atoms with Crippen molar-refractivity contribution in [3.63, 3.8) is 0 Å². The first-order valence-electron chi connectivity index (χ1n) is 7.18. The Bertz CT molecular complexity index is 958. The average Bonchev–Trinajstić information content (AvgIpc) is 3.19. The van der Waals surface area contributed by atoms with Crippen molar-refractivity contribution in [2.45, 2.75) is 13.3 Å². The standard InChI is InChI=1S/C17H13ClN4O/c1-11-6-14(22-9-19-20-10-22)8-15-17(11)23-16(21-15)7-12-2-4-13(18)5-3-12/h2-6,8-10H,7H2,1H3. The van der Waals surface area contributed by atoms with Crippen molar-refractivity contribution in [3.8, 4) is 5.69 Å². The zero-order chi connectivity index (χ0) is 15.8. The Hall–Kier alpha value is -2.66. The van der Waals surface area contributed by atoms with E-state index in [9.17, 15) is 0 Å². The maximum Gasteiger partial charge on any atom is 0.199 e. The van der Waals surface area contributed by atoms with Crippen LogP contribution in [0.1, 0.15) is 17.0 Å². The average molecular weight is 325 g/mol. The molecule has 0 amide bonds. The van der Waals surface area contributed by atoms with E-state index < -0.39 is 0 Å². The van der Waals surface area contributed by atoms with E-state index in [1.54, 1.807) is 12.7 Å². The van der Waals surface area contributed by atoms with Gasteiger partial charge in [-0.05, 0) is 42.3 Å². The number of rotatable bonds is 3. The number of aryl methyl sites for hydroxylation is 1. The van der Waals surface area contributed by atoms with E-state index in [1.807, 2.05) is 47.9 Å². The summed E-state index contributed by atoms with van der Waals surface area (Å²) in [6.07, 6.45) is 3.96. The first kappa shape index (κ1) is 14.0. The molecule has 0 aliphatic carbocycles. The third-order valence-corrected chi connectivity index (χ3v) is 3.94. The lowest BCUT2D eigenvalue weighted by Crippen LogP contribution is -1.91. The van der Waals surface area contributed by atoms with Crippen LogP contribution in [0.2, 0.25) is 5.02 Å². The maximum absolute atomic E-state index is 5.92. The van der Waals surface area contributed by atoms with Crippen LogP contribution >= 0.6 is 11.6 Å². The molecule has 5 nitrogen and oxygen atoms in total. The number of fused-ring (bicyclic) bond motifs is 1. The fourth-order valence-corrected chi connectivity index (χ4v) is 2.69. The maximum atomic E-state index is 5.92. The minimum Gasteiger partial charge on any atom is -0.440 e. The van der Waals surface area contributed by atoms with Gasteiger partial charge in [0.15, 0.2) is 11.5 Å². The predicted octanol–water partition coefficient (Wildman–Crippen LogP) is 3.96. The molecule has 0 saturated heterocycles. The number of hydrogen-bond donors (Lipinski definition) is 0. The molecule has 2 heterocycles. The minimum absolute atomic E-state index is 0.632. The monoisotopic (exact) mass is 324 g/mol. The Morgan fingerprint density at radius 1 is 1.09 bits per heavy atom. The van der Waals surface area contributed by atoms with Gasteiger partial charge in [-0.1, -0.05) is 23.7 Å². The Morgan fingerprint density at radius 3 is 2.57 bits per heavy atom. The van der Waals surface area contributed by atoms with Crippen molar-refractivity contribution >= 4 is 22.7 Å². The van der Waals surface area contributed by atoms with Crippen LogP contribution in [0.5, 0.6) is 0 Å². The zero-order valence-corrected chi connectivity index (χ0v) is 13.2. The lowest BCUT2D eigenvalue weighted by molar-refractivity contribution is 0.542. The van der Waals surface area contributed by atoms with Gasteiger partial charge in [0.1, 0.15) is 18.2 Å². The Labute approximate surface area is 137 Å². The Kier molecular flexibility index (Phi) is 3.35. The van der Waals surface area contributed by atoms with Crippen LogP contribution in [-0.4, -0.2) is 19.7 Å². The summed E-state index contributed by atoms with van der Waals surface area (Å²) in [7, 11) is 0. The molecule has 23 heavy (non-hydrogen) atoms. The van der Waals surface area contributed by atoms with Gasteiger partial charge in [0.25, 0.3) is 0 Å². The molecule has 0 aliphatic rings. The summed E-state index contributed by atoms with van der Waals surface area (Å²) in [4.78, 5) is 4.61. The summed E-state index contributed by atoms with van der Waals surface area (Å²) in [5.41, 5.74) is 4.74. The molecular weight excluding hydrogens is 312 g/mol. The summed E-state index contributed by atoms with van der Waals surface area (Å²) in [5, 5.41) is 8.39. The van der Waals surface area contributed by atoms with Crippen LogP contribution in [0.25, 0.3) is 16.8 Å². The molecule has 4 aromatic rings. The topological polar surface area (TPSA) is 56.7 Å². The number of halogens is 1. The first-order valence-corrected chi connectivity index (χ1v) is 7.56. The van der Waals surface area contributed by atoms with E-state index in [0.717, 1.165) is 32.9 Å². The third-order valence-electron chi connectivity index (χ3n) is 3.69. The molecule has 0 N–H and O–H groups in total. The summed E-state index contributed by atoms with van der Waals surface area (Å²) < 4.78 is 7.77. The summed E-state index contributed by atoms with van der Waals surface area (Å²) in [6, 6.07) is 11.7. The van der Waals surface area contributed by atoms with E-state index in [0.29, 0.717) is 12.3 Å². The van der Waals surface area contributed by atoms with E-state index in [2.05, 4.69) is 15.2 Å². The SMILES string of the molecule is Cc1cc(-n2cnnc2)cc2nc(Cc3ccc(Cl)cc3)oc12. The van der Waals surface area contributed by atoms with Gasteiger partial charge in [-0.25, -0.2) is 4.98 Å². The molecule has 0 saturated carbocycles. The molecule has 4 rings (SSSR count). The van der Waals surface area contributed by atoms with Crippen molar-refractivity contribution in [1.82, 2.24) is 19.7 Å². The molecule has 0 unspecified atom stereocenters. The van der Waals surface area contributed by atoms with Crippen LogP contribution in [0, 0.1) is 6.92 Å². The fourth-order valence-electron chi connectivity index (χ4n) is 2.56. The van der Waals surface area contributed by atoms with Crippen LogP contribution in [0.15, 0.2) is 53.5 Å². The highest BCUT2D eigenvalue weighted by Gasteiger charge is 2.11. The molecule has 0 aliphatic heterocycles. The van der Waals surface area contributed by atoms with Gasteiger partial charge in [-0.2, -0.15) is 0 Å². The van der Waals surface area contributed by atoms with E-state index >= 15 is 0 Å². The second kappa shape index (κ2) is 5.52. The zero-order valence-electron chi connectivity index (χ0n) is 12.4. The molecule has 0 spiro atoms. The van der Waals surface area contributed by atoms with Gasteiger partial charge in [-0.15, -0.1) is 10.2 Å². The molecule has 6 heteroatoms. The second-order valence-electron chi connectivity index (χ2n) is 5.39. The highest BCUT2D eigenvalue weighted by atomic mass is 35.5. The van der Waals surface area contributed by atoms with E-state index in [1.165, 1.54) is 0 Å². The third kappa shape index (κ3) is 2.71. The highest BCUT2D eigenvalue weighted by molar-refractivity contribution is 6.30. The summed E-state index contributed by atoms with van der Waals surface area (Å²) in [6.45, 7) is 2.01. The van der Waals surface area contributed by atoms with Gasteiger partial charge in [-0.3, -0.25) is 4.57 Å². The quantitative estimate of drug-likeness (QED) is 0.572. The smallest absolute Gasteiger partial charge is 0.199 e. The molecule has 2 aromatic carbocycles. The molecular formula is C17H13ClN4O. The van der Waals surface area contributed by atoms with Crippen LogP contribution in [0.3, 0.4) is 0 Å². The number of oxazole rings is 1. The largest absolute Gasteiger partial charge is 0.440 e. The van der Waals surface area contributed by atoms with Gasteiger partial charge < -0.3 is 4.42 Å². The van der Waals surface area contributed by atoms with Crippen molar-refractivity contribution in [3.05, 3.63) is 71.1 Å². The van der Waals surface area contributed by atoms with Gasteiger partial charge in [0, 0.05) is 11.4 Å². The molecule has 0 fully saturated rings. The lowest BCUT2D eigenvalue weighted by atomic mass is 10.1.